The second-order valence-electron chi connectivity index (χ2n) is 4.73. The van der Waals surface area contributed by atoms with Gasteiger partial charge in [-0.05, 0) is 73.1 Å². The highest BCUT2D eigenvalue weighted by molar-refractivity contribution is 9.10. The van der Waals surface area contributed by atoms with Crippen LogP contribution in [-0.2, 0) is 0 Å². The second-order valence-corrected chi connectivity index (χ2v) is 6.87. The van der Waals surface area contributed by atoms with Crippen LogP contribution in [0.15, 0.2) is 28.7 Å². The summed E-state index contributed by atoms with van der Waals surface area (Å²) in [7, 11) is 2.00. The van der Waals surface area contributed by atoms with Gasteiger partial charge in [-0.1, -0.05) is 6.07 Å². The Labute approximate surface area is 133 Å². The van der Waals surface area contributed by atoms with E-state index in [1.165, 1.54) is 20.9 Å². The third kappa shape index (κ3) is 3.25. The van der Waals surface area contributed by atoms with E-state index >= 15 is 0 Å². The Morgan fingerprint density at radius 1 is 1.30 bits per heavy atom. The fourth-order valence-electron chi connectivity index (χ4n) is 2.19. The third-order valence-electron chi connectivity index (χ3n) is 3.35. The Balaban J connectivity index is 2.34. The summed E-state index contributed by atoms with van der Waals surface area (Å²) < 4.78 is 6.57. The second kappa shape index (κ2) is 6.74. The molecular formula is C16H20BrNOS. The summed E-state index contributed by atoms with van der Waals surface area (Å²) in [5, 5.41) is 3.40. The Morgan fingerprint density at radius 3 is 2.55 bits per heavy atom. The molecule has 0 saturated heterocycles. The number of halogens is 1. The number of aryl methyl sites for hydroxylation is 2. The molecular weight excluding hydrogens is 334 g/mol. The molecule has 0 aliphatic carbocycles. The maximum Gasteiger partial charge on any atom is 0.133 e. The molecule has 0 amide bonds. The monoisotopic (exact) mass is 353 g/mol. The van der Waals surface area contributed by atoms with Gasteiger partial charge in [0.25, 0.3) is 0 Å². The van der Waals surface area contributed by atoms with Gasteiger partial charge in [0, 0.05) is 9.75 Å². The third-order valence-corrected chi connectivity index (χ3v) is 5.18. The normalized spacial score (nSPS) is 12.4. The molecule has 0 spiro atoms. The van der Waals surface area contributed by atoms with Crippen LogP contribution in [0.5, 0.6) is 5.75 Å². The molecule has 1 unspecified atom stereocenters. The van der Waals surface area contributed by atoms with Crippen molar-refractivity contribution in [1.82, 2.24) is 5.32 Å². The predicted octanol–water partition coefficient (Wildman–Crippen LogP) is 4.83. The van der Waals surface area contributed by atoms with E-state index in [1.807, 2.05) is 31.4 Å². The van der Waals surface area contributed by atoms with E-state index in [1.54, 1.807) is 0 Å². The molecule has 20 heavy (non-hydrogen) atoms. The molecule has 1 atom stereocenters. The molecule has 1 aromatic heterocycles. The summed E-state index contributed by atoms with van der Waals surface area (Å²) >= 11 is 5.44. The summed E-state index contributed by atoms with van der Waals surface area (Å²) in [5.74, 6) is 0.893. The Morgan fingerprint density at radius 2 is 2.05 bits per heavy atom. The number of thiophene rings is 1. The summed E-state index contributed by atoms with van der Waals surface area (Å²) in [5.41, 5.74) is 2.60. The molecule has 0 aliphatic rings. The molecule has 1 N–H and O–H groups in total. The van der Waals surface area contributed by atoms with Crippen molar-refractivity contribution < 1.29 is 4.74 Å². The van der Waals surface area contributed by atoms with Gasteiger partial charge in [0.2, 0.25) is 0 Å². The highest BCUT2D eigenvalue weighted by atomic mass is 79.9. The number of hydrogen-bond donors (Lipinski definition) is 1. The number of hydrogen-bond acceptors (Lipinski definition) is 3. The summed E-state index contributed by atoms with van der Waals surface area (Å²) in [6, 6.07) is 8.78. The van der Waals surface area contributed by atoms with E-state index in [9.17, 15) is 0 Å². The van der Waals surface area contributed by atoms with Crippen LogP contribution in [0, 0.1) is 13.8 Å². The first-order valence-corrected chi connectivity index (χ1v) is 8.34. The van der Waals surface area contributed by atoms with Crippen LogP contribution in [0.2, 0.25) is 0 Å². The molecule has 108 valence electrons. The van der Waals surface area contributed by atoms with Crippen molar-refractivity contribution in [3.63, 3.8) is 0 Å². The van der Waals surface area contributed by atoms with Crippen molar-refractivity contribution in [2.45, 2.75) is 26.8 Å². The molecule has 0 aliphatic heterocycles. The topological polar surface area (TPSA) is 21.3 Å². The lowest BCUT2D eigenvalue weighted by atomic mass is 10.0. The zero-order chi connectivity index (χ0) is 14.7. The maximum absolute atomic E-state index is 5.57. The van der Waals surface area contributed by atoms with Crippen LogP contribution in [0.1, 0.15) is 33.8 Å². The lowest BCUT2D eigenvalue weighted by Crippen LogP contribution is -2.16. The van der Waals surface area contributed by atoms with Crippen molar-refractivity contribution in [3.8, 4) is 5.75 Å². The number of ether oxygens (including phenoxy) is 1. The van der Waals surface area contributed by atoms with Crippen molar-refractivity contribution in [1.29, 1.82) is 0 Å². The average molecular weight is 354 g/mol. The Kier molecular flexibility index (Phi) is 5.24. The molecule has 2 rings (SSSR count). The van der Waals surface area contributed by atoms with Crippen LogP contribution in [0.25, 0.3) is 0 Å². The Hall–Kier alpha value is -0.840. The summed E-state index contributed by atoms with van der Waals surface area (Å²) in [4.78, 5) is 2.73. The number of benzene rings is 1. The van der Waals surface area contributed by atoms with E-state index in [0.29, 0.717) is 6.61 Å². The molecule has 2 nitrogen and oxygen atoms in total. The molecule has 1 heterocycles. The zero-order valence-corrected chi connectivity index (χ0v) is 14.7. The fourth-order valence-corrected chi connectivity index (χ4v) is 3.88. The van der Waals surface area contributed by atoms with Gasteiger partial charge in [0.05, 0.1) is 17.1 Å². The van der Waals surface area contributed by atoms with E-state index in [4.69, 9.17) is 4.74 Å². The van der Waals surface area contributed by atoms with E-state index in [-0.39, 0.29) is 6.04 Å². The molecule has 1 aromatic carbocycles. The molecule has 2 aromatic rings. The van der Waals surface area contributed by atoms with Crippen LogP contribution in [-0.4, -0.2) is 13.7 Å². The predicted molar refractivity (Wildman–Crippen MR) is 90.0 cm³/mol. The van der Waals surface area contributed by atoms with Crippen LogP contribution < -0.4 is 10.1 Å². The van der Waals surface area contributed by atoms with Crippen molar-refractivity contribution in [2.75, 3.05) is 13.7 Å². The van der Waals surface area contributed by atoms with Crippen molar-refractivity contribution >= 4 is 27.3 Å². The van der Waals surface area contributed by atoms with Gasteiger partial charge in [-0.15, -0.1) is 11.3 Å². The van der Waals surface area contributed by atoms with Gasteiger partial charge < -0.3 is 10.1 Å². The van der Waals surface area contributed by atoms with E-state index < -0.39 is 0 Å². The molecule has 0 radical (unpaired) electrons. The zero-order valence-electron chi connectivity index (χ0n) is 12.3. The Bertz CT molecular complexity index is 575. The lowest BCUT2D eigenvalue weighted by Gasteiger charge is -2.16. The summed E-state index contributed by atoms with van der Waals surface area (Å²) in [6.07, 6.45) is 0. The van der Waals surface area contributed by atoms with Crippen molar-refractivity contribution in [2.24, 2.45) is 0 Å². The van der Waals surface area contributed by atoms with Gasteiger partial charge >= 0.3 is 0 Å². The first-order chi connectivity index (χ1) is 9.56. The molecule has 4 heteroatoms. The van der Waals surface area contributed by atoms with Crippen LogP contribution in [0.3, 0.4) is 0 Å². The SMILES string of the molecule is CCOc1ccc(C(NC)c2cc(C)c(C)s2)cc1Br. The first kappa shape index (κ1) is 15.5. The molecule has 0 bridgehead atoms. The number of rotatable bonds is 5. The van der Waals surface area contributed by atoms with Gasteiger partial charge in [-0.3, -0.25) is 0 Å². The van der Waals surface area contributed by atoms with Gasteiger partial charge in [-0.25, -0.2) is 0 Å². The minimum atomic E-state index is 0.222. The van der Waals surface area contributed by atoms with Crippen molar-refractivity contribution in [3.05, 3.63) is 49.6 Å². The molecule has 0 saturated carbocycles. The maximum atomic E-state index is 5.57. The van der Waals surface area contributed by atoms with Crippen LogP contribution >= 0.6 is 27.3 Å². The summed E-state index contributed by atoms with van der Waals surface area (Å²) in [6.45, 7) is 7.01. The highest BCUT2D eigenvalue weighted by Crippen LogP contribution is 2.34. The van der Waals surface area contributed by atoms with Crippen LogP contribution in [0.4, 0.5) is 0 Å². The minimum Gasteiger partial charge on any atom is -0.493 e. The number of nitrogens with one attached hydrogen (secondary N) is 1. The van der Waals surface area contributed by atoms with Gasteiger partial charge in [-0.2, -0.15) is 0 Å². The smallest absolute Gasteiger partial charge is 0.133 e. The minimum absolute atomic E-state index is 0.222. The largest absolute Gasteiger partial charge is 0.493 e. The standard InChI is InChI=1S/C16H20BrNOS/c1-5-19-14-7-6-12(9-13(14)17)16(18-4)15-8-10(2)11(3)20-15/h6-9,16,18H,5H2,1-4H3. The molecule has 0 fully saturated rings. The first-order valence-electron chi connectivity index (χ1n) is 6.73. The van der Waals surface area contributed by atoms with Gasteiger partial charge in [0.15, 0.2) is 0 Å². The quantitative estimate of drug-likeness (QED) is 0.830. The average Bonchev–Trinajstić information content (AvgIpc) is 2.73. The van der Waals surface area contributed by atoms with E-state index in [2.05, 4.69) is 53.3 Å². The highest BCUT2D eigenvalue weighted by Gasteiger charge is 2.16. The fraction of sp³-hybridized carbons (Fsp3) is 0.375. The van der Waals surface area contributed by atoms with E-state index in [0.717, 1.165) is 10.2 Å². The van der Waals surface area contributed by atoms with Gasteiger partial charge in [0.1, 0.15) is 5.75 Å². The lowest BCUT2D eigenvalue weighted by molar-refractivity contribution is 0.338.